The van der Waals surface area contributed by atoms with Gasteiger partial charge in [0.1, 0.15) is 17.7 Å². The van der Waals surface area contributed by atoms with Crippen LogP contribution in [-0.2, 0) is 15.7 Å². The van der Waals surface area contributed by atoms with E-state index < -0.39 is 73.1 Å². The average molecular weight is 686 g/mol. The Morgan fingerprint density at radius 2 is 1.62 bits per heavy atom. The lowest BCUT2D eigenvalue weighted by Crippen LogP contribution is -2.39. The topological polar surface area (TPSA) is 118 Å². The number of halogens is 7. The maximum atomic E-state index is 13.6. The number of rotatable bonds is 14. The van der Waals surface area contributed by atoms with E-state index in [1.54, 1.807) is 6.92 Å². The van der Waals surface area contributed by atoms with Crippen molar-refractivity contribution >= 4 is 23.3 Å². The number of pyridine rings is 1. The third-order valence-electron chi connectivity index (χ3n) is 7.52. The molecular formula is C32H30F7N3O6. The van der Waals surface area contributed by atoms with Gasteiger partial charge in [-0.05, 0) is 42.0 Å². The first-order chi connectivity index (χ1) is 22.6. The molecule has 9 nitrogen and oxygen atoms in total. The number of aromatic nitrogens is 1. The van der Waals surface area contributed by atoms with Gasteiger partial charge in [0.25, 0.3) is 5.91 Å². The fourth-order valence-electron chi connectivity index (χ4n) is 4.94. The van der Waals surface area contributed by atoms with Crippen molar-refractivity contribution < 1.29 is 59.7 Å². The third-order valence-corrected chi connectivity index (χ3v) is 7.52. The Kier molecular flexibility index (Phi) is 11.4. The lowest BCUT2D eigenvalue weighted by Gasteiger charge is -2.27. The number of ketones is 2. The zero-order valence-electron chi connectivity index (χ0n) is 25.2. The van der Waals surface area contributed by atoms with Crippen LogP contribution in [0.15, 0.2) is 66.9 Å². The summed E-state index contributed by atoms with van der Waals surface area (Å²) in [4.78, 5) is 42.4. The van der Waals surface area contributed by atoms with Crippen LogP contribution in [-0.4, -0.2) is 72.0 Å². The normalized spacial score (nSPS) is 17.3. The van der Waals surface area contributed by atoms with Gasteiger partial charge in [-0.2, -0.15) is 22.0 Å². The zero-order chi connectivity index (χ0) is 35.2. The maximum absolute atomic E-state index is 13.6. The number of nitrogens with one attached hydrogen (secondary N) is 1. The highest BCUT2D eigenvalue weighted by Crippen LogP contribution is 2.33. The Morgan fingerprint density at radius 3 is 2.17 bits per heavy atom. The van der Waals surface area contributed by atoms with Gasteiger partial charge in [-0.1, -0.05) is 31.2 Å². The van der Waals surface area contributed by atoms with Crippen molar-refractivity contribution in [3.63, 3.8) is 0 Å². The number of ether oxygens (including phenoxy) is 2. The van der Waals surface area contributed by atoms with Crippen LogP contribution in [0.25, 0.3) is 0 Å². The van der Waals surface area contributed by atoms with Crippen molar-refractivity contribution in [1.29, 1.82) is 0 Å². The number of hydrogen-bond acceptors (Lipinski definition) is 8. The van der Waals surface area contributed by atoms with Crippen molar-refractivity contribution in [2.75, 3.05) is 24.7 Å². The van der Waals surface area contributed by atoms with Crippen molar-refractivity contribution in [1.82, 2.24) is 10.3 Å². The minimum atomic E-state index is -4.74. The first-order valence-electron chi connectivity index (χ1n) is 14.6. The van der Waals surface area contributed by atoms with E-state index in [9.17, 15) is 50.2 Å². The summed E-state index contributed by atoms with van der Waals surface area (Å²) in [6.45, 7) is 0.130. The van der Waals surface area contributed by atoms with E-state index in [0.717, 1.165) is 30.5 Å². The molecule has 1 saturated heterocycles. The summed E-state index contributed by atoms with van der Waals surface area (Å²) in [5, 5.41) is 12.5. The molecule has 2 aromatic carbocycles. The molecule has 1 aromatic heterocycles. The second-order valence-electron chi connectivity index (χ2n) is 10.8. The molecule has 3 atom stereocenters. The highest BCUT2D eigenvalue weighted by molar-refractivity contribution is 6.43. The third kappa shape index (κ3) is 8.86. The van der Waals surface area contributed by atoms with Crippen LogP contribution in [0.3, 0.4) is 0 Å². The monoisotopic (exact) mass is 685 g/mol. The minimum absolute atomic E-state index is 0.0336. The summed E-state index contributed by atoms with van der Waals surface area (Å²) in [7, 11) is 0. The summed E-state index contributed by atoms with van der Waals surface area (Å²) in [5.41, 5.74) is -0.276. The quantitative estimate of drug-likeness (QED) is 0.128. The maximum Gasteiger partial charge on any atom is 0.416 e. The second-order valence-corrected chi connectivity index (χ2v) is 10.8. The molecule has 1 fully saturated rings. The van der Waals surface area contributed by atoms with Crippen LogP contribution in [0.5, 0.6) is 5.75 Å². The standard InChI is InChI=1S/C32H30F7N3O6/c1-2-26(44)28(45)19-5-3-18(4-6-19)25(16-43)41-29(46)20-7-12-27(40-14-20)42-15-24(13-22(42)17-47-32(38,39)30(33)34)48-23-10-8-21(9-11-23)31(35,36)37/h3-12,14,22,24-25,30,43H,2,13,15-17H2,1H3,(H,41,46)/t22-,24?,25-/m0/s1. The smallest absolute Gasteiger partial charge is 0.416 e. The predicted octanol–water partition coefficient (Wildman–Crippen LogP) is 5.63. The number of carbonyl (C=O) groups excluding carboxylic acids is 3. The summed E-state index contributed by atoms with van der Waals surface area (Å²) in [5.74, 6) is -1.68. The lowest BCUT2D eigenvalue weighted by atomic mass is 10.0. The van der Waals surface area contributed by atoms with Crippen molar-refractivity contribution in [2.24, 2.45) is 0 Å². The van der Waals surface area contributed by atoms with E-state index in [4.69, 9.17) is 4.74 Å². The second kappa shape index (κ2) is 15.1. The predicted molar refractivity (Wildman–Crippen MR) is 156 cm³/mol. The van der Waals surface area contributed by atoms with Crippen molar-refractivity contribution in [3.05, 3.63) is 89.1 Å². The summed E-state index contributed by atoms with van der Waals surface area (Å²) in [6, 6.07) is 10.4. The zero-order valence-corrected chi connectivity index (χ0v) is 25.2. The van der Waals surface area contributed by atoms with Crippen LogP contribution in [0.1, 0.15) is 57.7 Å². The first-order valence-corrected chi connectivity index (χ1v) is 14.6. The summed E-state index contributed by atoms with van der Waals surface area (Å²) >= 11 is 0. The molecule has 0 aliphatic carbocycles. The molecule has 1 amide bonds. The number of benzene rings is 2. The van der Waals surface area contributed by atoms with E-state index in [1.807, 2.05) is 0 Å². The number of aliphatic hydroxyl groups is 1. The number of amides is 1. The van der Waals surface area contributed by atoms with Gasteiger partial charge in [-0.25, -0.2) is 13.8 Å². The van der Waals surface area contributed by atoms with Crippen molar-refractivity contribution in [2.45, 2.75) is 56.7 Å². The van der Waals surface area contributed by atoms with Crippen LogP contribution in [0.2, 0.25) is 0 Å². The van der Waals surface area contributed by atoms with E-state index in [2.05, 4.69) is 15.0 Å². The highest BCUT2D eigenvalue weighted by atomic mass is 19.4. The lowest BCUT2D eigenvalue weighted by molar-refractivity contribution is -0.301. The van der Waals surface area contributed by atoms with E-state index in [0.29, 0.717) is 5.56 Å². The molecule has 1 unspecified atom stereocenters. The van der Waals surface area contributed by atoms with Crippen molar-refractivity contribution in [3.8, 4) is 5.75 Å². The summed E-state index contributed by atoms with van der Waals surface area (Å²) in [6.07, 6.45) is -13.0. The molecule has 48 heavy (non-hydrogen) atoms. The Balaban J connectivity index is 1.46. The number of aliphatic hydroxyl groups excluding tert-OH is 1. The van der Waals surface area contributed by atoms with Gasteiger partial charge in [0, 0.05) is 24.6 Å². The molecule has 4 rings (SSSR count). The van der Waals surface area contributed by atoms with Crippen LogP contribution >= 0.6 is 0 Å². The van der Waals surface area contributed by atoms with Gasteiger partial charge in [-0.3, -0.25) is 14.4 Å². The highest BCUT2D eigenvalue weighted by Gasteiger charge is 2.45. The number of nitrogens with zero attached hydrogens (tertiary/aromatic N) is 2. The fourth-order valence-corrected chi connectivity index (χ4v) is 4.94. The molecular weight excluding hydrogens is 655 g/mol. The Morgan fingerprint density at radius 1 is 0.979 bits per heavy atom. The number of alkyl halides is 7. The SMILES string of the molecule is CCC(=O)C(=O)c1ccc([C@H](CO)NC(=O)c2ccc(N3CC(Oc4ccc(C(F)(F)F)cc4)C[C@H]3COC(F)(F)C(F)F)nc2)cc1. The van der Waals surface area contributed by atoms with Crippen LogP contribution in [0, 0.1) is 0 Å². The molecule has 0 bridgehead atoms. The Hall–Kier alpha value is -4.57. The molecule has 1 aliphatic rings. The van der Waals surface area contributed by atoms with Crippen LogP contribution < -0.4 is 15.0 Å². The van der Waals surface area contributed by atoms with Gasteiger partial charge < -0.3 is 24.8 Å². The molecule has 2 N–H and O–H groups in total. The number of hydrogen-bond donors (Lipinski definition) is 2. The van der Waals surface area contributed by atoms with E-state index in [1.165, 1.54) is 41.3 Å². The van der Waals surface area contributed by atoms with Gasteiger partial charge >= 0.3 is 18.7 Å². The fraction of sp³-hybridized carbons (Fsp3) is 0.375. The van der Waals surface area contributed by atoms with E-state index >= 15 is 0 Å². The Bertz CT molecular complexity index is 1570. The molecule has 258 valence electrons. The molecule has 0 radical (unpaired) electrons. The van der Waals surface area contributed by atoms with Gasteiger partial charge in [0.2, 0.25) is 11.6 Å². The number of anilines is 1. The number of Topliss-reactive ketones (excluding diaryl/α,β-unsaturated/α-hetero) is 2. The molecule has 16 heteroatoms. The number of carbonyl (C=O) groups is 3. The van der Waals surface area contributed by atoms with E-state index in [-0.39, 0.29) is 42.1 Å². The summed E-state index contributed by atoms with van der Waals surface area (Å²) < 4.78 is 101. The van der Waals surface area contributed by atoms with Crippen LogP contribution in [0.4, 0.5) is 36.6 Å². The molecule has 0 spiro atoms. The van der Waals surface area contributed by atoms with Gasteiger partial charge in [0.05, 0.1) is 43.0 Å². The molecule has 1 aliphatic heterocycles. The molecule has 3 aromatic rings. The molecule has 2 heterocycles. The largest absolute Gasteiger partial charge is 0.489 e. The van der Waals surface area contributed by atoms with Gasteiger partial charge in [-0.15, -0.1) is 0 Å². The first kappa shape index (κ1) is 36.3. The average Bonchev–Trinajstić information content (AvgIpc) is 3.47. The molecule has 0 saturated carbocycles. The minimum Gasteiger partial charge on any atom is -0.489 e. The van der Waals surface area contributed by atoms with Gasteiger partial charge in [0.15, 0.2) is 0 Å². The Labute approximate surface area is 269 Å².